The average molecular weight is 153 g/mol. The van der Waals surface area contributed by atoms with E-state index in [1.165, 1.54) is 12.1 Å². The fraction of sp³-hybridized carbons (Fsp3) is 0.125. The van der Waals surface area contributed by atoms with Crippen molar-refractivity contribution >= 4 is 5.91 Å². The van der Waals surface area contributed by atoms with Crippen LogP contribution in [0.3, 0.4) is 0 Å². The highest BCUT2D eigenvalue weighted by Crippen LogP contribution is 2.10. The monoisotopic (exact) mass is 153 g/mol. The molecule has 0 unspecified atom stereocenters. The van der Waals surface area contributed by atoms with E-state index in [4.69, 9.17) is 5.73 Å². The predicted octanol–water partition coefficient (Wildman–Crippen LogP) is 1.23. The fourth-order valence-electron chi connectivity index (χ4n) is 0.944. The number of nitrogens with two attached hydrogens (primary N) is 1. The van der Waals surface area contributed by atoms with Gasteiger partial charge in [-0.15, -0.1) is 0 Å². The summed E-state index contributed by atoms with van der Waals surface area (Å²) in [5.74, 6) is -1.28. The molecular weight excluding hydrogens is 145 g/mol. The molecule has 11 heavy (non-hydrogen) atoms. The van der Waals surface area contributed by atoms with Crippen LogP contribution < -0.4 is 5.73 Å². The Kier molecular flexibility index (Phi) is 1.89. The molecule has 0 saturated heterocycles. The van der Waals surface area contributed by atoms with E-state index in [0.717, 1.165) is 0 Å². The zero-order valence-corrected chi connectivity index (χ0v) is 6.10. The predicted molar refractivity (Wildman–Crippen MR) is 39.7 cm³/mol. The Hall–Kier alpha value is -1.38. The van der Waals surface area contributed by atoms with Gasteiger partial charge in [0.25, 0.3) is 5.91 Å². The summed E-state index contributed by atoms with van der Waals surface area (Å²) in [6, 6.07) is 4.40. The number of carbonyl (C=O) groups is 1. The smallest absolute Gasteiger partial charge is 0.251 e. The van der Waals surface area contributed by atoms with Crippen LogP contribution in [0.15, 0.2) is 18.2 Å². The Bertz CT molecular complexity index is 276. The van der Waals surface area contributed by atoms with E-state index >= 15 is 0 Å². The maximum absolute atomic E-state index is 12.8. The van der Waals surface area contributed by atoms with Crippen LogP contribution in [0.5, 0.6) is 0 Å². The molecule has 2 N–H and O–H groups in total. The molecule has 0 atom stereocenters. The number of carbonyl (C=O) groups excluding carboxylic acids is 1. The summed E-state index contributed by atoms with van der Waals surface area (Å²) < 4.78 is 12.8. The van der Waals surface area contributed by atoms with Crippen LogP contribution in [0.1, 0.15) is 15.9 Å². The van der Waals surface area contributed by atoms with E-state index in [1.54, 1.807) is 13.0 Å². The number of hydrogen-bond donors (Lipinski definition) is 1. The standard InChI is InChI=1S/C8H8FNO/c1-5-3-2-4-6(9)7(5)8(10)11/h2-4H,1H3,(H2,10,11). The number of hydrogen-bond acceptors (Lipinski definition) is 1. The van der Waals surface area contributed by atoms with E-state index in [1.807, 2.05) is 0 Å². The van der Waals surface area contributed by atoms with Gasteiger partial charge in [0.15, 0.2) is 0 Å². The van der Waals surface area contributed by atoms with Gasteiger partial charge in [0.2, 0.25) is 0 Å². The van der Waals surface area contributed by atoms with E-state index in [9.17, 15) is 9.18 Å². The molecule has 0 aliphatic carbocycles. The lowest BCUT2D eigenvalue weighted by Crippen LogP contribution is -2.14. The van der Waals surface area contributed by atoms with Gasteiger partial charge in [-0.3, -0.25) is 4.79 Å². The van der Waals surface area contributed by atoms with Crippen molar-refractivity contribution in [3.8, 4) is 0 Å². The van der Waals surface area contributed by atoms with Gasteiger partial charge in [-0.2, -0.15) is 0 Å². The molecule has 58 valence electrons. The van der Waals surface area contributed by atoms with Crippen LogP contribution in [-0.2, 0) is 0 Å². The molecule has 0 bridgehead atoms. The average Bonchev–Trinajstić information content (AvgIpc) is 1.85. The highest BCUT2D eigenvalue weighted by Gasteiger charge is 2.09. The first-order valence-corrected chi connectivity index (χ1v) is 3.18. The first-order valence-electron chi connectivity index (χ1n) is 3.18. The third-order valence-corrected chi connectivity index (χ3v) is 1.47. The van der Waals surface area contributed by atoms with Crippen molar-refractivity contribution in [3.63, 3.8) is 0 Å². The van der Waals surface area contributed by atoms with E-state index in [-0.39, 0.29) is 5.56 Å². The van der Waals surface area contributed by atoms with Crippen molar-refractivity contribution in [2.24, 2.45) is 5.73 Å². The molecule has 1 amide bonds. The Labute approximate surface area is 63.8 Å². The zero-order valence-electron chi connectivity index (χ0n) is 6.10. The second-order valence-electron chi connectivity index (χ2n) is 2.30. The number of rotatable bonds is 1. The second-order valence-corrected chi connectivity index (χ2v) is 2.30. The molecule has 2 nitrogen and oxygen atoms in total. The minimum Gasteiger partial charge on any atom is -0.365 e. The molecule has 0 spiro atoms. The fourth-order valence-corrected chi connectivity index (χ4v) is 0.944. The SMILES string of the molecule is Cc1cccc(F)c1C(N)=O. The van der Waals surface area contributed by atoms with Gasteiger partial charge in [-0.05, 0) is 18.6 Å². The molecule has 0 fully saturated rings. The molecular formula is C8H8FNO. The highest BCUT2D eigenvalue weighted by atomic mass is 19.1. The van der Waals surface area contributed by atoms with Crippen LogP contribution in [0, 0.1) is 12.7 Å². The van der Waals surface area contributed by atoms with Crippen LogP contribution >= 0.6 is 0 Å². The number of benzene rings is 1. The van der Waals surface area contributed by atoms with Crippen molar-refractivity contribution in [2.45, 2.75) is 6.92 Å². The Morgan fingerprint density at radius 1 is 1.55 bits per heavy atom. The first kappa shape index (κ1) is 7.72. The Balaban J connectivity index is 3.32. The van der Waals surface area contributed by atoms with Crippen molar-refractivity contribution < 1.29 is 9.18 Å². The zero-order chi connectivity index (χ0) is 8.43. The van der Waals surface area contributed by atoms with Gasteiger partial charge in [0.1, 0.15) is 5.82 Å². The molecule has 3 heteroatoms. The van der Waals surface area contributed by atoms with Crippen molar-refractivity contribution in [2.75, 3.05) is 0 Å². The lowest BCUT2D eigenvalue weighted by atomic mass is 10.1. The van der Waals surface area contributed by atoms with Gasteiger partial charge in [-0.25, -0.2) is 4.39 Å². The lowest BCUT2D eigenvalue weighted by Gasteiger charge is -2.00. The van der Waals surface area contributed by atoms with E-state index < -0.39 is 11.7 Å². The summed E-state index contributed by atoms with van der Waals surface area (Å²) in [4.78, 5) is 10.6. The van der Waals surface area contributed by atoms with Crippen LogP contribution in [0.4, 0.5) is 4.39 Å². The summed E-state index contributed by atoms with van der Waals surface area (Å²) >= 11 is 0. The van der Waals surface area contributed by atoms with E-state index in [2.05, 4.69) is 0 Å². The maximum atomic E-state index is 12.8. The number of primary amides is 1. The summed E-state index contributed by atoms with van der Waals surface area (Å²) in [7, 11) is 0. The molecule has 0 heterocycles. The maximum Gasteiger partial charge on any atom is 0.251 e. The summed E-state index contributed by atoms with van der Waals surface area (Å²) in [5, 5.41) is 0. The molecule has 1 aromatic rings. The minimum atomic E-state index is -0.722. The quantitative estimate of drug-likeness (QED) is 0.647. The van der Waals surface area contributed by atoms with E-state index in [0.29, 0.717) is 5.56 Å². The number of halogens is 1. The summed E-state index contributed by atoms with van der Waals surface area (Å²) in [6.07, 6.45) is 0. The lowest BCUT2D eigenvalue weighted by molar-refractivity contribution is 0.0996. The molecule has 1 aromatic carbocycles. The van der Waals surface area contributed by atoms with Gasteiger partial charge in [0, 0.05) is 0 Å². The topological polar surface area (TPSA) is 43.1 Å². The normalized spacial score (nSPS) is 9.64. The van der Waals surface area contributed by atoms with Gasteiger partial charge >= 0.3 is 0 Å². The Morgan fingerprint density at radius 2 is 2.18 bits per heavy atom. The van der Waals surface area contributed by atoms with Gasteiger partial charge in [0.05, 0.1) is 5.56 Å². The minimum absolute atomic E-state index is 0.0208. The first-order chi connectivity index (χ1) is 5.13. The molecule has 0 aliphatic heterocycles. The van der Waals surface area contributed by atoms with Crippen molar-refractivity contribution in [1.82, 2.24) is 0 Å². The largest absolute Gasteiger partial charge is 0.365 e. The summed E-state index contributed by atoms with van der Waals surface area (Å²) in [6.45, 7) is 1.64. The number of amides is 1. The second kappa shape index (κ2) is 2.70. The third-order valence-electron chi connectivity index (χ3n) is 1.47. The van der Waals surface area contributed by atoms with Crippen molar-refractivity contribution in [3.05, 3.63) is 35.1 Å². The molecule has 0 radical (unpaired) electrons. The number of aryl methyl sites for hydroxylation is 1. The van der Waals surface area contributed by atoms with Crippen LogP contribution in [0.2, 0.25) is 0 Å². The van der Waals surface area contributed by atoms with Crippen molar-refractivity contribution in [1.29, 1.82) is 0 Å². The Morgan fingerprint density at radius 3 is 2.55 bits per heavy atom. The van der Waals surface area contributed by atoms with Gasteiger partial charge < -0.3 is 5.73 Å². The molecule has 0 aromatic heterocycles. The van der Waals surface area contributed by atoms with Crippen LogP contribution in [0.25, 0.3) is 0 Å². The third kappa shape index (κ3) is 1.37. The molecule has 1 rings (SSSR count). The summed E-state index contributed by atoms with van der Waals surface area (Å²) in [5.41, 5.74) is 5.48. The highest BCUT2D eigenvalue weighted by molar-refractivity contribution is 5.94. The van der Waals surface area contributed by atoms with Gasteiger partial charge in [-0.1, -0.05) is 12.1 Å². The molecule has 0 aliphatic rings. The molecule has 0 saturated carbocycles. The van der Waals surface area contributed by atoms with Crippen LogP contribution in [-0.4, -0.2) is 5.91 Å².